The number of aliphatic hydroxyl groups is 1. The zero-order valence-corrected chi connectivity index (χ0v) is 39.8. The fraction of sp³-hybridized carbons (Fsp3) is 0.509. The zero-order valence-electron chi connectivity index (χ0n) is 38.8. The Morgan fingerprint density at radius 2 is 1.25 bits per heavy atom. The number of benzene rings is 4. The molecule has 1 saturated heterocycles. The summed E-state index contributed by atoms with van der Waals surface area (Å²) in [4.78, 5) is 0. The summed E-state index contributed by atoms with van der Waals surface area (Å²) < 4.78 is 39.3. The van der Waals surface area contributed by atoms with Gasteiger partial charge in [-0.2, -0.15) is 0 Å². The summed E-state index contributed by atoms with van der Waals surface area (Å²) in [6, 6.07) is 39.5. The molecule has 0 aliphatic carbocycles. The topological polar surface area (TPSA) is 75.6 Å². The Labute approximate surface area is 368 Å². The second-order valence-corrected chi connectivity index (χ2v) is 23.9. The van der Waals surface area contributed by atoms with E-state index in [9.17, 15) is 5.11 Å². The highest BCUT2D eigenvalue weighted by Gasteiger charge is 2.48. The Bertz CT molecular complexity index is 1780. The molecule has 1 fully saturated rings. The van der Waals surface area contributed by atoms with Gasteiger partial charge in [0.05, 0.1) is 32.5 Å². The quantitative estimate of drug-likeness (QED) is 0.0452. The molecule has 1 aliphatic rings. The fourth-order valence-corrected chi connectivity index (χ4v) is 15.1. The molecular formula is C53H74O7Si. The van der Waals surface area contributed by atoms with Crippen LogP contribution in [-0.4, -0.2) is 64.0 Å². The molecule has 1 N–H and O–H groups in total. The standard InChI is InChI=1S/C53H74O7Si/c1-38(2)61(39(3)4,40(5)6)60-48(37-57-53(44-21-15-12-16-22-44,45-23-17-13-18-24-45)46-25-19-14-20-26-46)31-28-42(8)50(54)51-49(58-52(9,10)59-51)34-27-41(7)35-56-36-43-29-32-47(55-11)33-30-43/h12-26,28-30,32-33,38-41,48-51,54H,27,31,34-37H2,1-11H3/b42-28+/t41-,48-,49-,50?,51+/m0/s1. The van der Waals surface area contributed by atoms with Crippen LogP contribution >= 0.6 is 0 Å². The maximum Gasteiger partial charge on any atom is 0.200 e. The molecule has 0 spiro atoms. The van der Waals surface area contributed by atoms with Crippen molar-refractivity contribution in [2.24, 2.45) is 5.92 Å². The van der Waals surface area contributed by atoms with E-state index in [1.54, 1.807) is 7.11 Å². The van der Waals surface area contributed by atoms with Crippen LogP contribution in [0.5, 0.6) is 5.75 Å². The second kappa shape index (κ2) is 22.1. The molecule has 0 saturated carbocycles. The van der Waals surface area contributed by atoms with Gasteiger partial charge in [-0.3, -0.25) is 0 Å². The summed E-state index contributed by atoms with van der Waals surface area (Å²) in [5.74, 6) is 0.332. The van der Waals surface area contributed by atoms with E-state index in [1.165, 1.54) is 0 Å². The first-order valence-corrected chi connectivity index (χ1v) is 24.7. The Hall–Kier alpha value is -3.60. The van der Waals surface area contributed by atoms with Crippen LogP contribution in [0.4, 0.5) is 0 Å². The van der Waals surface area contributed by atoms with E-state index in [4.69, 9.17) is 28.1 Å². The monoisotopic (exact) mass is 851 g/mol. The lowest BCUT2D eigenvalue weighted by atomic mass is 9.80. The first-order chi connectivity index (χ1) is 29.1. The number of ether oxygens (including phenoxy) is 5. The van der Waals surface area contributed by atoms with Crippen molar-refractivity contribution in [3.05, 3.63) is 149 Å². The molecule has 4 aromatic carbocycles. The highest BCUT2D eigenvalue weighted by Crippen LogP contribution is 2.45. The van der Waals surface area contributed by atoms with Crippen LogP contribution in [0.25, 0.3) is 0 Å². The molecule has 0 aromatic heterocycles. The van der Waals surface area contributed by atoms with E-state index in [2.05, 4.69) is 127 Å². The summed E-state index contributed by atoms with van der Waals surface area (Å²) in [7, 11) is -0.695. The molecule has 1 unspecified atom stereocenters. The van der Waals surface area contributed by atoms with E-state index in [0.717, 1.165) is 46.4 Å². The summed E-state index contributed by atoms with van der Waals surface area (Å²) in [6.45, 7) is 23.5. The predicted octanol–water partition coefficient (Wildman–Crippen LogP) is 12.4. The van der Waals surface area contributed by atoms with Gasteiger partial charge < -0.3 is 33.2 Å². The van der Waals surface area contributed by atoms with Crippen molar-refractivity contribution >= 4 is 8.32 Å². The zero-order chi connectivity index (χ0) is 44.2. The molecule has 332 valence electrons. The maximum absolute atomic E-state index is 12.0. The fourth-order valence-electron chi connectivity index (χ4n) is 9.52. The Morgan fingerprint density at radius 1 is 0.738 bits per heavy atom. The molecule has 61 heavy (non-hydrogen) atoms. The van der Waals surface area contributed by atoms with Crippen LogP contribution in [0.2, 0.25) is 16.6 Å². The number of methoxy groups -OCH3 is 1. The van der Waals surface area contributed by atoms with Crippen molar-refractivity contribution < 1.29 is 33.2 Å². The predicted molar refractivity (Wildman–Crippen MR) is 250 cm³/mol. The van der Waals surface area contributed by atoms with Crippen LogP contribution in [0, 0.1) is 5.92 Å². The number of hydrogen-bond donors (Lipinski definition) is 1. The van der Waals surface area contributed by atoms with Crippen molar-refractivity contribution in [3.63, 3.8) is 0 Å². The molecule has 0 bridgehead atoms. The van der Waals surface area contributed by atoms with E-state index in [1.807, 2.05) is 63.2 Å². The minimum absolute atomic E-state index is 0.265. The molecule has 5 rings (SSSR count). The number of aliphatic hydroxyl groups excluding tert-OH is 1. The number of hydrogen-bond acceptors (Lipinski definition) is 7. The molecule has 0 amide bonds. The van der Waals surface area contributed by atoms with Gasteiger partial charge >= 0.3 is 0 Å². The van der Waals surface area contributed by atoms with Gasteiger partial charge in [0.1, 0.15) is 23.6 Å². The van der Waals surface area contributed by atoms with Crippen molar-refractivity contribution in [1.29, 1.82) is 0 Å². The third-order valence-electron chi connectivity index (χ3n) is 12.6. The van der Waals surface area contributed by atoms with E-state index >= 15 is 0 Å². The Balaban J connectivity index is 1.38. The third-order valence-corrected chi connectivity index (χ3v) is 18.7. The van der Waals surface area contributed by atoms with Crippen LogP contribution in [-0.2, 0) is 35.6 Å². The summed E-state index contributed by atoms with van der Waals surface area (Å²) in [6.07, 6.45) is 2.45. The minimum atomic E-state index is -2.37. The van der Waals surface area contributed by atoms with E-state index in [-0.39, 0.29) is 12.2 Å². The van der Waals surface area contributed by atoms with Crippen LogP contribution < -0.4 is 4.74 Å². The van der Waals surface area contributed by atoms with Crippen LogP contribution in [0.15, 0.2) is 127 Å². The van der Waals surface area contributed by atoms with Crippen molar-refractivity contribution in [2.75, 3.05) is 20.3 Å². The molecular weight excluding hydrogens is 777 g/mol. The molecule has 8 heteroatoms. The van der Waals surface area contributed by atoms with Crippen LogP contribution in [0.1, 0.15) is 111 Å². The van der Waals surface area contributed by atoms with Gasteiger partial charge in [0, 0.05) is 6.61 Å². The molecule has 7 nitrogen and oxygen atoms in total. The smallest absolute Gasteiger partial charge is 0.200 e. The lowest BCUT2D eigenvalue weighted by Gasteiger charge is -2.45. The average Bonchev–Trinajstić information content (AvgIpc) is 3.58. The molecule has 1 aliphatic heterocycles. The minimum Gasteiger partial charge on any atom is -0.497 e. The molecule has 1 heterocycles. The van der Waals surface area contributed by atoms with Gasteiger partial charge in [0.25, 0.3) is 0 Å². The highest BCUT2D eigenvalue weighted by atomic mass is 28.4. The largest absolute Gasteiger partial charge is 0.497 e. The van der Waals surface area contributed by atoms with Gasteiger partial charge in [-0.15, -0.1) is 0 Å². The lowest BCUT2D eigenvalue weighted by molar-refractivity contribution is -0.153. The van der Waals surface area contributed by atoms with Crippen molar-refractivity contribution in [3.8, 4) is 5.75 Å². The van der Waals surface area contributed by atoms with E-state index < -0.39 is 31.9 Å². The average molecular weight is 851 g/mol. The third kappa shape index (κ3) is 12.1. The van der Waals surface area contributed by atoms with Gasteiger partial charge in [-0.25, -0.2) is 0 Å². The normalized spacial score (nSPS) is 18.8. The number of rotatable bonds is 23. The lowest BCUT2D eigenvalue weighted by Crippen LogP contribution is -2.51. The Morgan fingerprint density at radius 3 is 1.72 bits per heavy atom. The molecule has 5 atom stereocenters. The second-order valence-electron chi connectivity index (χ2n) is 18.5. The van der Waals surface area contributed by atoms with Crippen LogP contribution in [0.3, 0.4) is 0 Å². The van der Waals surface area contributed by atoms with E-state index in [0.29, 0.717) is 48.8 Å². The van der Waals surface area contributed by atoms with Gasteiger partial charge in [0.2, 0.25) is 8.32 Å². The first-order valence-electron chi connectivity index (χ1n) is 22.5. The maximum atomic E-state index is 12.0. The van der Waals surface area contributed by atoms with Gasteiger partial charge in [-0.05, 0) is 103 Å². The van der Waals surface area contributed by atoms with Crippen molar-refractivity contribution in [2.45, 2.75) is 148 Å². The summed E-state index contributed by atoms with van der Waals surface area (Å²) in [5.41, 5.74) is 5.39. The first kappa shape index (κ1) is 48.4. The summed E-state index contributed by atoms with van der Waals surface area (Å²) >= 11 is 0. The molecule has 0 radical (unpaired) electrons. The van der Waals surface area contributed by atoms with Gasteiger partial charge in [-0.1, -0.05) is 158 Å². The highest BCUT2D eigenvalue weighted by molar-refractivity contribution is 6.77. The SMILES string of the molecule is COc1ccc(COC[C@@H](C)CC[C@@H]2OC(C)(C)O[C@H]2C(O)/C(C)=C/C[C@@H](COC(c2ccccc2)(c2ccccc2)c2ccccc2)O[Si](C(C)C)(C(C)C)C(C)C)cc1. The Kier molecular flexibility index (Phi) is 17.6. The van der Waals surface area contributed by atoms with Crippen molar-refractivity contribution in [1.82, 2.24) is 0 Å². The van der Waals surface area contributed by atoms with Gasteiger partial charge in [0.15, 0.2) is 5.79 Å². The summed E-state index contributed by atoms with van der Waals surface area (Å²) in [5, 5.41) is 12.0. The molecule has 4 aromatic rings.